The first kappa shape index (κ1) is 12.8. The van der Waals surface area contributed by atoms with Crippen LogP contribution in [0.1, 0.15) is 26.7 Å². The summed E-state index contributed by atoms with van der Waals surface area (Å²) in [5.74, 6) is 0.661. The second kappa shape index (κ2) is 4.95. The van der Waals surface area contributed by atoms with Crippen LogP contribution < -0.4 is 10.6 Å². The summed E-state index contributed by atoms with van der Waals surface area (Å²) in [4.78, 5) is 2.30. The molecule has 0 amide bonds. The highest BCUT2D eigenvalue weighted by molar-refractivity contribution is 6.39. The summed E-state index contributed by atoms with van der Waals surface area (Å²) in [6.45, 7) is 5.51. The second-order valence-corrected chi connectivity index (χ2v) is 5.70. The lowest BCUT2D eigenvalue weighted by Gasteiger charge is -2.40. The van der Waals surface area contributed by atoms with Gasteiger partial charge in [0.25, 0.3) is 0 Å². The van der Waals surface area contributed by atoms with E-state index >= 15 is 0 Å². The molecule has 1 heterocycles. The summed E-state index contributed by atoms with van der Waals surface area (Å²) >= 11 is 12.6. The van der Waals surface area contributed by atoms with Gasteiger partial charge in [0.15, 0.2) is 0 Å². The van der Waals surface area contributed by atoms with Gasteiger partial charge in [-0.2, -0.15) is 0 Å². The van der Waals surface area contributed by atoms with Gasteiger partial charge in [-0.3, -0.25) is 0 Å². The van der Waals surface area contributed by atoms with Crippen LogP contribution in [0, 0.1) is 5.92 Å². The SMILES string of the molecule is CC1CCCN(c2c(Cl)cc(N)cc2Cl)C1C. The van der Waals surface area contributed by atoms with Crippen molar-refractivity contribution < 1.29 is 0 Å². The van der Waals surface area contributed by atoms with Crippen molar-refractivity contribution in [1.29, 1.82) is 0 Å². The summed E-state index contributed by atoms with van der Waals surface area (Å²) < 4.78 is 0. The standard InChI is InChI=1S/C13H18Cl2N2/c1-8-4-3-5-17(9(8)2)13-11(14)6-10(16)7-12(13)15/h6-9H,3-5,16H2,1-2H3. The Bertz CT molecular complexity index is 397. The van der Waals surface area contributed by atoms with Gasteiger partial charge in [0.1, 0.15) is 0 Å². The van der Waals surface area contributed by atoms with Crippen LogP contribution in [-0.4, -0.2) is 12.6 Å². The van der Waals surface area contributed by atoms with Crippen molar-refractivity contribution in [2.24, 2.45) is 5.92 Å². The first-order chi connectivity index (χ1) is 8.00. The van der Waals surface area contributed by atoms with E-state index in [1.807, 2.05) is 0 Å². The van der Waals surface area contributed by atoms with Gasteiger partial charge in [-0.15, -0.1) is 0 Å². The molecular weight excluding hydrogens is 255 g/mol. The lowest BCUT2D eigenvalue weighted by Crippen LogP contribution is -2.42. The summed E-state index contributed by atoms with van der Waals surface area (Å²) in [5.41, 5.74) is 7.28. The van der Waals surface area contributed by atoms with E-state index in [1.165, 1.54) is 12.8 Å². The monoisotopic (exact) mass is 272 g/mol. The minimum atomic E-state index is 0.461. The number of nitrogens with two attached hydrogens (primary N) is 1. The zero-order valence-electron chi connectivity index (χ0n) is 10.2. The Morgan fingerprint density at radius 2 is 1.82 bits per heavy atom. The van der Waals surface area contributed by atoms with Crippen molar-refractivity contribution in [2.45, 2.75) is 32.7 Å². The first-order valence-corrected chi connectivity index (χ1v) is 6.77. The van der Waals surface area contributed by atoms with E-state index in [4.69, 9.17) is 28.9 Å². The minimum absolute atomic E-state index is 0.461. The number of nitrogens with zero attached hydrogens (tertiary/aromatic N) is 1. The number of benzene rings is 1. The van der Waals surface area contributed by atoms with Crippen molar-refractivity contribution in [1.82, 2.24) is 0 Å². The smallest absolute Gasteiger partial charge is 0.0749 e. The number of anilines is 2. The number of rotatable bonds is 1. The summed E-state index contributed by atoms with van der Waals surface area (Å²) in [6.07, 6.45) is 2.45. The molecule has 0 radical (unpaired) electrons. The van der Waals surface area contributed by atoms with Gasteiger partial charge in [-0.1, -0.05) is 30.1 Å². The number of piperidine rings is 1. The van der Waals surface area contributed by atoms with Gasteiger partial charge in [0.2, 0.25) is 0 Å². The lowest BCUT2D eigenvalue weighted by atomic mass is 9.91. The van der Waals surface area contributed by atoms with Gasteiger partial charge < -0.3 is 10.6 Å². The molecule has 1 aliphatic heterocycles. The zero-order valence-corrected chi connectivity index (χ0v) is 11.7. The predicted octanol–water partition coefficient (Wildman–Crippen LogP) is 4.20. The molecule has 1 fully saturated rings. The largest absolute Gasteiger partial charge is 0.399 e. The Hall–Kier alpha value is -0.600. The number of halogens is 2. The second-order valence-electron chi connectivity index (χ2n) is 4.89. The van der Waals surface area contributed by atoms with E-state index in [9.17, 15) is 0 Å². The van der Waals surface area contributed by atoms with Crippen LogP contribution in [0.15, 0.2) is 12.1 Å². The fourth-order valence-electron chi connectivity index (χ4n) is 2.51. The average molecular weight is 273 g/mol. The third kappa shape index (κ3) is 2.48. The highest BCUT2D eigenvalue weighted by Crippen LogP contribution is 2.39. The highest BCUT2D eigenvalue weighted by atomic mass is 35.5. The van der Waals surface area contributed by atoms with E-state index in [2.05, 4.69) is 18.7 Å². The Morgan fingerprint density at radius 1 is 1.24 bits per heavy atom. The molecule has 1 aromatic rings. The first-order valence-electron chi connectivity index (χ1n) is 6.02. The number of hydrogen-bond acceptors (Lipinski definition) is 2. The van der Waals surface area contributed by atoms with Gasteiger partial charge in [-0.25, -0.2) is 0 Å². The molecule has 2 unspecified atom stereocenters. The molecule has 2 N–H and O–H groups in total. The van der Waals surface area contributed by atoms with E-state index in [-0.39, 0.29) is 0 Å². The molecule has 2 rings (SSSR count). The lowest BCUT2D eigenvalue weighted by molar-refractivity contribution is 0.363. The van der Waals surface area contributed by atoms with Crippen LogP contribution in [0.2, 0.25) is 10.0 Å². The van der Waals surface area contributed by atoms with Crippen LogP contribution in [0.25, 0.3) is 0 Å². The highest BCUT2D eigenvalue weighted by Gasteiger charge is 2.27. The minimum Gasteiger partial charge on any atom is -0.399 e. The molecule has 1 aliphatic rings. The van der Waals surface area contributed by atoms with Gasteiger partial charge in [-0.05, 0) is 37.8 Å². The van der Waals surface area contributed by atoms with Gasteiger partial charge >= 0.3 is 0 Å². The molecule has 0 saturated carbocycles. The van der Waals surface area contributed by atoms with Gasteiger partial charge in [0.05, 0.1) is 15.7 Å². The van der Waals surface area contributed by atoms with E-state index in [1.54, 1.807) is 12.1 Å². The maximum absolute atomic E-state index is 6.28. The molecule has 1 aromatic carbocycles. The molecule has 17 heavy (non-hydrogen) atoms. The molecule has 4 heteroatoms. The molecule has 0 aliphatic carbocycles. The quantitative estimate of drug-likeness (QED) is 0.777. The Morgan fingerprint density at radius 3 is 2.41 bits per heavy atom. The zero-order chi connectivity index (χ0) is 12.6. The third-order valence-corrected chi connectivity index (χ3v) is 4.28. The number of hydrogen-bond donors (Lipinski definition) is 1. The molecule has 0 spiro atoms. The van der Waals surface area contributed by atoms with Gasteiger partial charge in [0, 0.05) is 18.3 Å². The van der Waals surface area contributed by atoms with Crippen molar-refractivity contribution in [2.75, 3.05) is 17.2 Å². The molecule has 94 valence electrons. The van der Waals surface area contributed by atoms with E-state index < -0.39 is 0 Å². The van der Waals surface area contributed by atoms with Crippen molar-refractivity contribution >= 4 is 34.6 Å². The molecule has 2 nitrogen and oxygen atoms in total. The van der Waals surface area contributed by atoms with Crippen LogP contribution >= 0.6 is 23.2 Å². The van der Waals surface area contributed by atoms with Crippen LogP contribution in [0.4, 0.5) is 11.4 Å². The molecule has 0 bridgehead atoms. The fraction of sp³-hybridized carbons (Fsp3) is 0.538. The Labute approximate surface area is 113 Å². The maximum Gasteiger partial charge on any atom is 0.0749 e. The molecular formula is C13H18Cl2N2. The van der Waals surface area contributed by atoms with Crippen molar-refractivity contribution in [3.8, 4) is 0 Å². The third-order valence-electron chi connectivity index (χ3n) is 3.70. The Balaban J connectivity index is 2.39. The summed E-state index contributed by atoms with van der Waals surface area (Å²) in [6, 6.07) is 4.01. The topological polar surface area (TPSA) is 29.3 Å². The van der Waals surface area contributed by atoms with E-state index in [0.717, 1.165) is 12.2 Å². The summed E-state index contributed by atoms with van der Waals surface area (Å²) in [7, 11) is 0. The van der Waals surface area contributed by atoms with Crippen molar-refractivity contribution in [3.05, 3.63) is 22.2 Å². The predicted molar refractivity (Wildman–Crippen MR) is 76.1 cm³/mol. The maximum atomic E-state index is 6.28. The summed E-state index contributed by atoms with van der Waals surface area (Å²) in [5, 5.41) is 1.30. The van der Waals surface area contributed by atoms with Crippen LogP contribution in [0.5, 0.6) is 0 Å². The molecule has 2 atom stereocenters. The molecule has 0 aromatic heterocycles. The van der Waals surface area contributed by atoms with Crippen molar-refractivity contribution in [3.63, 3.8) is 0 Å². The average Bonchev–Trinajstić information content (AvgIpc) is 2.23. The van der Waals surface area contributed by atoms with Crippen LogP contribution in [0.3, 0.4) is 0 Å². The number of nitrogen functional groups attached to an aromatic ring is 1. The molecule has 1 saturated heterocycles. The van der Waals surface area contributed by atoms with E-state index in [0.29, 0.717) is 27.7 Å². The van der Waals surface area contributed by atoms with Crippen LogP contribution in [-0.2, 0) is 0 Å². The Kier molecular flexibility index (Phi) is 3.74. The normalized spacial score (nSPS) is 25.1. The fourth-order valence-corrected chi connectivity index (χ4v) is 3.23.